The van der Waals surface area contributed by atoms with E-state index in [1.807, 2.05) is 36.4 Å². The number of hydrogen-bond donors (Lipinski definition) is 0. The fraction of sp³-hybridized carbons (Fsp3) is 0.258. The molecule has 0 saturated carbocycles. The molecule has 3 aromatic carbocycles. The van der Waals surface area contributed by atoms with Gasteiger partial charge >= 0.3 is 0 Å². The van der Waals surface area contributed by atoms with Gasteiger partial charge in [0.15, 0.2) is 29.1 Å². The van der Waals surface area contributed by atoms with E-state index in [0.717, 1.165) is 30.0 Å². The van der Waals surface area contributed by atoms with E-state index in [1.165, 1.54) is 31.8 Å². The van der Waals surface area contributed by atoms with Crippen LogP contribution in [0.2, 0.25) is 0 Å². The highest BCUT2D eigenvalue weighted by Gasteiger charge is 2.24. The Labute approximate surface area is 214 Å². The summed E-state index contributed by atoms with van der Waals surface area (Å²) in [5, 5.41) is 0. The molecule has 0 aliphatic heterocycles. The van der Waals surface area contributed by atoms with E-state index < -0.39 is 34.6 Å². The van der Waals surface area contributed by atoms with Crippen LogP contribution in [0.4, 0.5) is 22.0 Å². The maximum absolute atomic E-state index is 13.8. The van der Waals surface area contributed by atoms with Crippen molar-refractivity contribution < 1.29 is 26.7 Å². The van der Waals surface area contributed by atoms with Gasteiger partial charge in [0.2, 0.25) is 5.82 Å². The molecule has 194 valence electrons. The number of halogens is 5. The Morgan fingerprint density at radius 3 is 1.49 bits per heavy atom. The van der Waals surface area contributed by atoms with Gasteiger partial charge in [-0.1, -0.05) is 106 Å². The normalized spacial score (nSPS) is 11.6. The van der Waals surface area contributed by atoms with Gasteiger partial charge in [-0.25, -0.2) is 22.0 Å². The van der Waals surface area contributed by atoms with Crippen molar-refractivity contribution in [2.45, 2.75) is 51.9 Å². The summed E-state index contributed by atoms with van der Waals surface area (Å²) in [4.78, 5) is 12.4. The van der Waals surface area contributed by atoms with Gasteiger partial charge in [0, 0.05) is 12.0 Å². The van der Waals surface area contributed by atoms with Crippen LogP contribution in [0.3, 0.4) is 0 Å². The minimum Gasteiger partial charge on any atom is -0.294 e. The van der Waals surface area contributed by atoms with Gasteiger partial charge in [-0.3, -0.25) is 4.79 Å². The van der Waals surface area contributed by atoms with Crippen molar-refractivity contribution in [1.82, 2.24) is 0 Å². The Kier molecular flexibility index (Phi) is 10.4. The standard InChI is InChI=1S/C31H29F5O/c1-2-3-4-5-6-7-8-26(37)24-18-15-23(16-19-24)14-11-21-9-12-22(13-10-21)17-20-25-27(32)29(34)31(36)30(35)28(25)33/h9-20H,2-8H2,1H3/b14-11+,20-17+. The average Bonchev–Trinajstić information content (AvgIpc) is 2.92. The lowest BCUT2D eigenvalue weighted by Gasteiger charge is -2.04. The summed E-state index contributed by atoms with van der Waals surface area (Å²) in [5.74, 6) is -9.73. The van der Waals surface area contributed by atoms with Gasteiger partial charge in [-0.05, 0) is 29.2 Å². The molecule has 0 aliphatic carbocycles. The van der Waals surface area contributed by atoms with Crippen molar-refractivity contribution in [3.05, 3.63) is 105 Å². The van der Waals surface area contributed by atoms with Gasteiger partial charge in [0.1, 0.15) is 0 Å². The summed E-state index contributed by atoms with van der Waals surface area (Å²) in [6.07, 6.45) is 13.3. The number of Topliss-reactive ketones (excluding diaryl/α,β-unsaturated/α-hetero) is 1. The van der Waals surface area contributed by atoms with Crippen LogP contribution >= 0.6 is 0 Å². The van der Waals surface area contributed by atoms with Crippen LogP contribution in [0.5, 0.6) is 0 Å². The second-order valence-electron chi connectivity index (χ2n) is 8.88. The van der Waals surface area contributed by atoms with Gasteiger partial charge in [-0.2, -0.15) is 0 Å². The molecular weight excluding hydrogens is 483 g/mol. The van der Waals surface area contributed by atoms with Crippen molar-refractivity contribution in [2.24, 2.45) is 0 Å². The first-order chi connectivity index (χ1) is 17.8. The molecule has 6 heteroatoms. The van der Waals surface area contributed by atoms with E-state index in [4.69, 9.17) is 0 Å². The summed E-state index contributed by atoms with van der Waals surface area (Å²) in [6, 6.07) is 14.2. The fourth-order valence-electron chi connectivity index (χ4n) is 3.85. The minimum atomic E-state index is -2.18. The molecule has 0 fully saturated rings. The van der Waals surface area contributed by atoms with Crippen molar-refractivity contribution in [2.75, 3.05) is 0 Å². The minimum absolute atomic E-state index is 0.153. The van der Waals surface area contributed by atoms with E-state index in [0.29, 0.717) is 17.5 Å². The third-order valence-electron chi connectivity index (χ3n) is 6.08. The number of carbonyl (C=O) groups is 1. The van der Waals surface area contributed by atoms with Crippen LogP contribution in [-0.2, 0) is 0 Å². The number of benzene rings is 3. The van der Waals surface area contributed by atoms with Gasteiger partial charge in [0.25, 0.3) is 0 Å². The first kappa shape index (κ1) is 28.0. The molecule has 0 aromatic heterocycles. The molecule has 0 N–H and O–H groups in total. The largest absolute Gasteiger partial charge is 0.294 e. The zero-order valence-corrected chi connectivity index (χ0v) is 20.7. The monoisotopic (exact) mass is 512 g/mol. The van der Waals surface area contributed by atoms with Crippen molar-refractivity contribution >= 4 is 30.1 Å². The van der Waals surface area contributed by atoms with Crippen LogP contribution in [0.15, 0.2) is 48.5 Å². The third-order valence-corrected chi connectivity index (χ3v) is 6.08. The Morgan fingerprint density at radius 2 is 0.973 bits per heavy atom. The molecule has 37 heavy (non-hydrogen) atoms. The fourth-order valence-corrected chi connectivity index (χ4v) is 3.85. The number of carbonyl (C=O) groups excluding carboxylic acids is 1. The summed E-state index contributed by atoms with van der Waals surface area (Å²) in [6.45, 7) is 2.18. The lowest BCUT2D eigenvalue weighted by Crippen LogP contribution is -2.03. The van der Waals surface area contributed by atoms with Gasteiger partial charge < -0.3 is 0 Å². The topological polar surface area (TPSA) is 17.1 Å². The highest BCUT2D eigenvalue weighted by atomic mass is 19.2. The molecule has 1 nitrogen and oxygen atoms in total. The zero-order chi connectivity index (χ0) is 26.8. The Balaban J connectivity index is 1.57. The summed E-state index contributed by atoms with van der Waals surface area (Å²) >= 11 is 0. The van der Waals surface area contributed by atoms with Crippen LogP contribution in [0.1, 0.15) is 84.5 Å². The first-order valence-corrected chi connectivity index (χ1v) is 12.4. The lowest BCUT2D eigenvalue weighted by molar-refractivity contribution is 0.0979. The second kappa shape index (κ2) is 13.7. The number of hydrogen-bond acceptors (Lipinski definition) is 1. The highest BCUT2D eigenvalue weighted by Crippen LogP contribution is 2.25. The molecule has 3 rings (SSSR count). The number of rotatable bonds is 12. The third kappa shape index (κ3) is 7.72. The molecule has 0 aliphatic rings. The number of ketones is 1. The van der Waals surface area contributed by atoms with E-state index in [2.05, 4.69) is 6.92 Å². The summed E-state index contributed by atoms with van der Waals surface area (Å²) < 4.78 is 67.5. The van der Waals surface area contributed by atoms with E-state index in [9.17, 15) is 26.7 Å². The molecular formula is C31H29F5O. The maximum atomic E-state index is 13.8. The molecule has 3 aromatic rings. The molecule has 0 heterocycles. The summed E-state index contributed by atoms with van der Waals surface area (Å²) in [7, 11) is 0. The molecule has 0 spiro atoms. The molecule has 0 saturated heterocycles. The molecule has 0 amide bonds. The molecule has 0 bridgehead atoms. The van der Waals surface area contributed by atoms with Gasteiger partial charge in [-0.15, -0.1) is 0 Å². The average molecular weight is 513 g/mol. The molecule has 0 radical (unpaired) electrons. The first-order valence-electron chi connectivity index (χ1n) is 12.4. The van der Waals surface area contributed by atoms with Crippen LogP contribution in [0.25, 0.3) is 24.3 Å². The smallest absolute Gasteiger partial charge is 0.200 e. The predicted octanol–water partition coefficient (Wildman–Crippen LogP) is 9.66. The van der Waals surface area contributed by atoms with Crippen molar-refractivity contribution in [1.29, 1.82) is 0 Å². The van der Waals surface area contributed by atoms with E-state index in [-0.39, 0.29) is 5.78 Å². The van der Waals surface area contributed by atoms with Crippen LogP contribution in [-0.4, -0.2) is 5.78 Å². The van der Waals surface area contributed by atoms with Crippen molar-refractivity contribution in [3.8, 4) is 0 Å². The molecule has 0 unspecified atom stereocenters. The SMILES string of the molecule is CCCCCCCCC(=O)c1ccc(/C=C/c2ccc(/C=C/c3c(F)c(F)c(F)c(F)c3F)cc2)cc1. The quantitative estimate of drug-likeness (QED) is 0.0590. The van der Waals surface area contributed by atoms with E-state index in [1.54, 1.807) is 24.3 Å². The summed E-state index contributed by atoms with van der Waals surface area (Å²) in [5.41, 5.74) is 2.00. The predicted molar refractivity (Wildman–Crippen MR) is 139 cm³/mol. The maximum Gasteiger partial charge on any atom is 0.200 e. The Hall–Kier alpha value is -3.54. The van der Waals surface area contributed by atoms with Crippen LogP contribution < -0.4 is 0 Å². The number of unbranched alkanes of at least 4 members (excludes halogenated alkanes) is 5. The molecule has 0 atom stereocenters. The Bertz CT molecular complexity index is 1230. The second-order valence-corrected chi connectivity index (χ2v) is 8.88. The van der Waals surface area contributed by atoms with Crippen molar-refractivity contribution in [3.63, 3.8) is 0 Å². The van der Waals surface area contributed by atoms with E-state index >= 15 is 0 Å². The Morgan fingerprint density at radius 1 is 0.568 bits per heavy atom. The zero-order valence-electron chi connectivity index (χ0n) is 20.7. The highest BCUT2D eigenvalue weighted by molar-refractivity contribution is 5.96. The lowest BCUT2D eigenvalue weighted by atomic mass is 10.0. The van der Waals surface area contributed by atoms with Crippen LogP contribution in [0, 0.1) is 29.1 Å². The van der Waals surface area contributed by atoms with Gasteiger partial charge in [0.05, 0.1) is 5.56 Å².